The molecule has 0 bridgehead atoms. The van der Waals surface area contributed by atoms with Crippen LogP contribution >= 0.6 is 0 Å². The van der Waals surface area contributed by atoms with Gasteiger partial charge in [-0.25, -0.2) is 18.4 Å². The van der Waals surface area contributed by atoms with Crippen LogP contribution < -0.4 is 10.0 Å². The van der Waals surface area contributed by atoms with E-state index in [-0.39, 0.29) is 0 Å². The SMILES string of the molecule is Cc1cc(C)nc(Nc2ccc(NS(=O)(=O)/C=C/c3ccccc3)cc2)n1. The standard InChI is InChI=1S/C20H20N4O2S/c1-15-14-16(2)22-20(21-15)23-18-8-10-19(11-9-18)24-27(25,26)13-12-17-6-4-3-5-7-17/h3-14,24H,1-2H3,(H,21,22,23)/b13-12+. The minimum atomic E-state index is -3.59. The third-order valence-corrected chi connectivity index (χ3v) is 4.64. The first-order chi connectivity index (χ1) is 12.9. The van der Waals surface area contributed by atoms with Crippen LogP contribution in [-0.4, -0.2) is 18.4 Å². The Balaban J connectivity index is 1.67. The molecule has 1 heterocycles. The zero-order valence-electron chi connectivity index (χ0n) is 15.0. The molecule has 0 saturated carbocycles. The second-order valence-electron chi connectivity index (χ2n) is 6.04. The van der Waals surface area contributed by atoms with Gasteiger partial charge in [-0.3, -0.25) is 4.72 Å². The summed E-state index contributed by atoms with van der Waals surface area (Å²) in [5, 5.41) is 4.26. The molecule has 0 radical (unpaired) electrons. The lowest BCUT2D eigenvalue weighted by atomic mass is 10.2. The average molecular weight is 380 g/mol. The summed E-state index contributed by atoms with van der Waals surface area (Å²) < 4.78 is 26.9. The normalized spacial score (nSPS) is 11.5. The second kappa shape index (κ2) is 8.01. The lowest BCUT2D eigenvalue weighted by molar-refractivity contribution is 0.609. The number of sulfonamides is 1. The monoisotopic (exact) mass is 380 g/mol. The van der Waals surface area contributed by atoms with E-state index in [0.29, 0.717) is 11.6 Å². The Morgan fingerprint density at radius 3 is 2.07 bits per heavy atom. The van der Waals surface area contributed by atoms with Crippen molar-refractivity contribution in [1.29, 1.82) is 0 Å². The molecule has 27 heavy (non-hydrogen) atoms. The summed E-state index contributed by atoms with van der Waals surface area (Å²) in [5.41, 5.74) is 3.80. The zero-order chi connectivity index (χ0) is 19.3. The lowest BCUT2D eigenvalue weighted by Crippen LogP contribution is -2.08. The number of nitrogens with zero attached hydrogens (tertiary/aromatic N) is 2. The first-order valence-electron chi connectivity index (χ1n) is 8.35. The predicted octanol–water partition coefficient (Wildman–Crippen LogP) is 4.25. The smallest absolute Gasteiger partial charge is 0.255 e. The number of aryl methyl sites for hydroxylation is 2. The number of benzene rings is 2. The van der Waals surface area contributed by atoms with E-state index in [4.69, 9.17) is 0 Å². The first kappa shape index (κ1) is 18.6. The molecular formula is C20H20N4O2S. The van der Waals surface area contributed by atoms with Crippen LogP contribution in [0.4, 0.5) is 17.3 Å². The van der Waals surface area contributed by atoms with Crippen molar-refractivity contribution in [2.45, 2.75) is 13.8 Å². The van der Waals surface area contributed by atoms with Crippen LogP contribution in [0, 0.1) is 13.8 Å². The summed E-state index contributed by atoms with van der Waals surface area (Å²) in [6.45, 7) is 3.81. The van der Waals surface area contributed by atoms with Crippen LogP contribution in [0.3, 0.4) is 0 Å². The van der Waals surface area contributed by atoms with Crippen molar-refractivity contribution in [1.82, 2.24) is 9.97 Å². The number of anilines is 3. The van der Waals surface area contributed by atoms with Crippen LogP contribution in [0.2, 0.25) is 0 Å². The van der Waals surface area contributed by atoms with E-state index in [1.54, 1.807) is 30.3 Å². The van der Waals surface area contributed by atoms with Gasteiger partial charge in [-0.1, -0.05) is 30.3 Å². The number of aromatic nitrogens is 2. The molecule has 7 heteroatoms. The van der Waals surface area contributed by atoms with Crippen molar-refractivity contribution >= 4 is 33.4 Å². The van der Waals surface area contributed by atoms with E-state index in [1.165, 1.54) is 0 Å². The summed E-state index contributed by atoms with van der Waals surface area (Å²) in [7, 11) is -3.59. The van der Waals surface area contributed by atoms with Gasteiger partial charge in [0.2, 0.25) is 5.95 Å². The van der Waals surface area contributed by atoms with E-state index in [1.807, 2.05) is 50.2 Å². The highest BCUT2D eigenvalue weighted by Crippen LogP contribution is 2.18. The largest absolute Gasteiger partial charge is 0.324 e. The molecule has 2 N–H and O–H groups in total. The van der Waals surface area contributed by atoms with Gasteiger partial charge in [0, 0.05) is 22.8 Å². The van der Waals surface area contributed by atoms with Crippen LogP contribution in [0.5, 0.6) is 0 Å². The van der Waals surface area contributed by atoms with Gasteiger partial charge in [0.25, 0.3) is 10.0 Å². The molecule has 0 saturated heterocycles. The molecule has 6 nitrogen and oxygen atoms in total. The van der Waals surface area contributed by atoms with Crippen LogP contribution in [-0.2, 0) is 10.0 Å². The highest BCUT2D eigenvalue weighted by molar-refractivity contribution is 7.95. The Hall–Kier alpha value is -3.19. The summed E-state index contributed by atoms with van der Waals surface area (Å²) in [5.74, 6) is 0.506. The maximum atomic E-state index is 12.2. The van der Waals surface area contributed by atoms with Crippen molar-refractivity contribution in [3.05, 3.63) is 83.0 Å². The Morgan fingerprint density at radius 1 is 0.852 bits per heavy atom. The van der Waals surface area contributed by atoms with Gasteiger partial charge >= 0.3 is 0 Å². The van der Waals surface area contributed by atoms with Crippen molar-refractivity contribution in [2.75, 3.05) is 10.0 Å². The van der Waals surface area contributed by atoms with Crippen LogP contribution in [0.1, 0.15) is 17.0 Å². The molecule has 138 valence electrons. The molecule has 0 aliphatic heterocycles. The van der Waals surface area contributed by atoms with Crippen molar-refractivity contribution in [3.63, 3.8) is 0 Å². The molecule has 0 fully saturated rings. The molecule has 0 aliphatic carbocycles. The molecular weight excluding hydrogens is 360 g/mol. The predicted molar refractivity (Wildman–Crippen MR) is 109 cm³/mol. The molecule has 0 aliphatic rings. The molecule has 0 amide bonds. The Morgan fingerprint density at radius 2 is 1.44 bits per heavy atom. The average Bonchev–Trinajstić information content (AvgIpc) is 2.62. The Kier molecular flexibility index (Phi) is 5.52. The maximum Gasteiger partial charge on any atom is 0.255 e. The van der Waals surface area contributed by atoms with Gasteiger partial charge in [0.1, 0.15) is 0 Å². The quantitative estimate of drug-likeness (QED) is 0.668. The number of rotatable bonds is 6. The number of nitrogens with one attached hydrogen (secondary N) is 2. The van der Waals surface area contributed by atoms with E-state index in [0.717, 1.165) is 28.0 Å². The maximum absolute atomic E-state index is 12.2. The van der Waals surface area contributed by atoms with E-state index < -0.39 is 10.0 Å². The third-order valence-electron chi connectivity index (χ3n) is 3.62. The molecule has 0 spiro atoms. The molecule has 0 unspecified atom stereocenters. The molecule has 1 aromatic heterocycles. The van der Waals surface area contributed by atoms with Crippen molar-refractivity contribution < 1.29 is 8.42 Å². The third kappa shape index (κ3) is 5.65. The van der Waals surface area contributed by atoms with Gasteiger partial charge in [0.05, 0.1) is 5.41 Å². The van der Waals surface area contributed by atoms with E-state index in [2.05, 4.69) is 20.0 Å². The minimum absolute atomic E-state index is 0.472. The number of hydrogen-bond donors (Lipinski definition) is 2. The first-order valence-corrected chi connectivity index (χ1v) is 9.90. The molecule has 3 aromatic rings. The van der Waals surface area contributed by atoms with E-state index >= 15 is 0 Å². The van der Waals surface area contributed by atoms with Crippen molar-refractivity contribution in [2.24, 2.45) is 0 Å². The van der Waals surface area contributed by atoms with Gasteiger partial charge in [-0.15, -0.1) is 0 Å². The summed E-state index contributed by atoms with van der Waals surface area (Å²) in [4.78, 5) is 8.64. The van der Waals surface area contributed by atoms with Gasteiger partial charge in [0.15, 0.2) is 0 Å². The number of hydrogen-bond acceptors (Lipinski definition) is 5. The Bertz CT molecular complexity index is 1030. The fraction of sp³-hybridized carbons (Fsp3) is 0.100. The zero-order valence-corrected chi connectivity index (χ0v) is 15.9. The highest BCUT2D eigenvalue weighted by atomic mass is 32.2. The van der Waals surface area contributed by atoms with Gasteiger partial charge < -0.3 is 5.32 Å². The van der Waals surface area contributed by atoms with Crippen LogP contribution in [0.15, 0.2) is 66.1 Å². The molecule has 0 atom stereocenters. The highest BCUT2D eigenvalue weighted by Gasteiger charge is 2.06. The molecule has 2 aromatic carbocycles. The topological polar surface area (TPSA) is 84.0 Å². The van der Waals surface area contributed by atoms with Gasteiger partial charge in [-0.2, -0.15) is 0 Å². The summed E-state index contributed by atoms with van der Waals surface area (Å²) >= 11 is 0. The fourth-order valence-electron chi connectivity index (χ4n) is 2.46. The van der Waals surface area contributed by atoms with E-state index in [9.17, 15) is 8.42 Å². The van der Waals surface area contributed by atoms with Gasteiger partial charge in [-0.05, 0) is 55.8 Å². The Labute approximate surface area is 159 Å². The fourth-order valence-corrected chi connectivity index (χ4v) is 3.33. The minimum Gasteiger partial charge on any atom is -0.324 e. The lowest BCUT2D eigenvalue weighted by Gasteiger charge is -2.08. The summed E-state index contributed by atoms with van der Waals surface area (Å²) in [6, 6.07) is 18.0. The van der Waals surface area contributed by atoms with Crippen LogP contribution in [0.25, 0.3) is 6.08 Å². The van der Waals surface area contributed by atoms with Crippen molar-refractivity contribution in [3.8, 4) is 0 Å². The molecule has 3 rings (SSSR count). The summed E-state index contributed by atoms with van der Waals surface area (Å²) in [6.07, 6.45) is 1.55. The second-order valence-corrected chi connectivity index (χ2v) is 7.60.